The van der Waals surface area contributed by atoms with Gasteiger partial charge in [0.2, 0.25) is 0 Å². The quantitative estimate of drug-likeness (QED) is 0.760. The van der Waals surface area contributed by atoms with Gasteiger partial charge in [0.25, 0.3) is 0 Å². The molecule has 0 saturated carbocycles. The number of morpholine rings is 1. The first kappa shape index (κ1) is 14.2. The number of ether oxygens (including phenoxy) is 1. The zero-order valence-corrected chi connectivity index (χ0v) is 11.3. The Morgan fingerprint density at radius 1 is 1.47 bits per heavy atom. The van der Waals surface area contributed by atoms with Gasteiger partial charge in [0.1, 0.15) is 0 Å². The van der Waals surface area contributed by atoms with Crippen molar-refractivity contribution in [1.29, 1.82) is 0 Å². The molecule has 1 aliphatic heterocycles. The smallest absolute Gasteiger partial charge is 0.320 e. The second kappa shape index (κ2) is 6.76. The molecule has 0 bridgehead atoms. The summed E-state index contributed by atoms with van der Waals surface area (Å²) in [5.74, 6) is 0. The normalized spacial score (nSPS) is 16.1. The zero-order chi connectivity index (χ0) is 12.8. The Kier molecular flexibility index (Phi) is 5.64. The van der Waals surface area contributed by atoms with Gasteiger partial charge in [-0.15, -0.1) is 0 Å². The third-order valence-electron chi connectivity index (χ3n) is 2.75. The maximum Gasteiger partial charge on any atom is 0.320 e. The van der Waals surface area contributed by atoms with E-state index in [4.69, 9.17) is 22.7 Å². The minimum atomic E-state index is 0.0551. The standard InChI is InChI=1S/C11H21N3O2S/c1-9(2)14(4-3-10(12)17)11(15)13-5-7-16-8-6-13/h9H,3-8H2,1-2H3,(H2,12,17). The van der Waals surface area contributed by atoms with Crippen molar-refractivity contribution < 1.29 is 9.53 Å². The molecule has 0 unspecified atom stereocenters. The number of rotatable bonds is 4. The number of nitrogens with two attached hydrogens (primary N) is 1. The summed E-state index contributed by atoms with van der Waals surface area (Å²) in [6.45, 7) is 7.14. The molecule has 1 saturated heterocycles. The van der Waals surface area contributed by atoms with Crippen LogP contribution in [0.3, 0.4) is 0 Å². The molecule has 98 valence electrons. The third-order valence-corrected chi connectivity index (χ3v) is 2.95. The Bertz CT molecular complexity index is 278. The molecule has 0 aromatic heterocycles. The molecule has 17 heavy (non-hydrogen) atoms. The molecule has 1 heterocycles. The van der Waals surface area contributed by atoms with Crippen molar-refractivity contribution in [2.45, 2.75) is 26.3 Å². The monoisotopic (exact) mass is 259 g/mol. The van der Waals surface area contributed by atoms with Crippen LogP contribution >= 0.6 is 12.2 Å². The second-order valence-electron chi connectivity index (χ2n) is 4.39. The molecule has 2 N–H and O–H groups in total. The summed E-state index contributed by atoms with van der Waals surface area (Å²) in [5.41, 5.74) is 5.48. The molecule has 0 aromatic carbocycles. The molecule has 0 aliphatic carbocycles. The minimum Gasteiger partial charge on any atom is -0.393 e. The van der Waals surface area contributed by atoms with Crippen molar-refractivity contribution in [3.05, 3.63) is 0 Å². The van der Waals surface area contributed by atoms with Gasteiger partial charge in [-0.2, -0.15) is 0 Å². The summed E-state index contributed by atoms with van der Waals surface area (Å²) < 4.78 is 5.24. The van der Waals surface area contributed by atoms with Crippen molar-refractivity contribution in [2.75, 3.05) is 32.8 Å². The van der Waals surface area contributed by atoms with E-state index in [1.807, 2.05) is 23.6 Å². The molecule has 1 rings (SSSR count). The molecule has 0 radical (unpaired) electrons. The van der Waals surface area contributed by atoms with Crippen LogP contribution in [-0.4, -0.2) is 59.7 Å². The fourth-order valence-corrected chi connectivity index (χ4v) is 1.83. The Hall–Kier alpha value is -0.880. The van der Waals surface area contributed by atoms with Gasteiger partial charge in [-0.1, -0.05) is 12.2 Å². The van der Waals surface area contributed by atoms with E-state index in [-0.39, 0.29) is 12.1 Å². The van der Waals surface area contributed by atoms with Crippen LogP contribution in [0.4, 0.5) is 4.79 Å². The number of amides is 2. The van der Waals surface area contributed by atoms with E-state index in [1.165, 1.54) is 0 Å². The molecule has 0 aromatic rings. The fourth-order valence-electron chi connectivity index (χ4n) is 1.74. The molecule has 5 nitrogen and oxygen atoms in total. The van der Waals surface area contributed by atoms with Crippen molar-refractivity contribution >= 4 is 23.2 Å². The van der Waals surface area contributed by atoms with Crippen LogP contribution in [0.25, 0.3) is 0 Å². The topological polar surface area (TPSA) is 58.8 Å². The van der Waals surface area contributed by atoms with Crippen molar-refractivity contribution in [3.63, 3.8) is 0 Å². The van der Waals surface area contributed by atoms with Gasteiger partial charge in [-0.25, -0.2) is 4.79 Å². The Morgan fingerprint density at radius 3 is 2.53 bits per heavy atom. The van der Waals surface area contributed by atoms with Crippen molar-refractivity contribution in [1.82, 2.24) is 9.80 Å². The first-order valence-corrected chi connectivity index (χ1v) is 6.34. The molecule has 0 spiro atoms. The van der Waals surface area contributed by atoms with Gasteiger partial charge in [0.15, 0.2) is 0 Å². The van der Waals surface area contributed by atoms with Gasteiger partial charge in [0, 0.05) is 32.1 Å². The van der Waals surface area contributed by atoms with E-state index in [1.54, 1.807) is 0 Å². The van der Waals surface area contributed by atoms with Crippen LogP contribution in [0.5, 0.6) is 0 Å². The van der Waals surface area contributed by atoms with E-state index in [0.717, 1.165) is 0 Å². The molecule has 6 heteroatoms. The largest absolute Gasteiger partial charge is 0.393 e. The number of carbonyl (C=O) groups excluding carboxylic acids is 1. The molecule has 2 amide bonds. The highest BCUT2D eigenvalue weighted by Crippen LogP contribution is 2.08. The third kappa shape index (κ3) is 4.47. The van der Waals surface area contributed by atoms with Gasteiger partial charge in [-0.3, -0.25) is 0 Å². The second-order valence-corrected chi connectivity index (χ2v) is 4.91. The molecule has 0 atom stereocenters. The van der Waals surface area contributed by atoms with E-state index < -0.39 is 0 Å². The van der Waals surface area contributed by atoms with E-state index >= 15 is 0 Å². The lowest BCUT2D eigenvalue weighted by Gasteiger charge is -2.35. The Morgan fingerprint density at radius 2 is 2.06 bits per heavy atom. The van der Waals surface area contributed by atoms with Crippen LogP contribution in [0.15, 0.2) is 0 Å². The maximum atomic E-state index is 12.3. The van der Waals surface area contributed by atoms with E-state index in [2.05, 4.69) is 0 Å². The maximum absolute atomic E-state index is 12.3. The predicted molar refractivity (Wildman–Crippen MR) is 71.0 cm³/mol. The van der Waals surface area contributed by atoms with Gasteiger partial charge >= 0.3 is 6.03 Å². The van der Waals surface area contributed by atoms with Gasteiger partial charge in [0.05, 0.1) is 18.2 Å². The number of carbonyl (C=O) groups is 1. The van der Waals surface area contributed by atoms with Crippen LogP contribution < -0.4 is 5.73 Å². The zero-order valence-electron chi connectivity index (χ0n) is 10.5. The highest BCUT2D eigenvalue weighted by Gasteiger charge is 2.24. The molecular formula is C11H21N3O2S. The first-order valence-electron chi connectivity index (χ1n) is 5.94. The summed E-state index contributed by atoms with van der Waals surface area (Å²) in [5, 5.41) is 0. The highest BCUT2D eigenvalue weighted by atomic mass is 32.1. The summed E-state index contributed by atoms with van der Waals surface area (Å²) in [7, 11) is 0. The van der Waals surface area contributed by atoms with Crippen molar-refractivity contribution in [2.24, 2.45) is 5.73 Å². The lowest BCUT2D eigenvalue weighted by Crippen LogP contribution is -2.51. The minimum absolute atomic E-state index is 0.0551. The Balaban J connectivity index is 2.55. The number of hydrogen-bond acceptors (Lipinski definition) is 3. The molecule has 1 aliphatic rings. The first-order chi connectivity index (χ1) is 8.02. The number of nitrogens with zero attached hydrogens (tertiary/aromatic N) is 2. The summed E-state index contributed by atoms with van der Waals surface area (Å²) in [6.07, 6.45) is 0.573. The fraction of sp³-hybridized carbons (Fsp3) is 0.818. The van der Waals surface area contributed by atoms with Crippen LogP contribution in [0.2, 0.25) is 0 Å². The highest BCUT2D eigenvalue weighted by molar-refractivity contribution is 7.80. The molecular weight excluding hydrogens is 238 g/mol. The number of hydrogen-bond donors (Lipinski definition) is 1. The Labute approximate surface area is 108 Å². The molecule has 1 fully saturated rings. The van der Waals surface area contributed by atoms with E-state index in [9.17, 15) is 4.79 Å². The average molecular weight is 259 g/mol. The van der Waals surface area contributed by atoms with Gasteiger partial charge < -0.3 is 20.3 Å². The summed E-state index contributed by atoms with van der Waals surface area (Å²) in [4.78, 5) is 16.3. The van der Waals surface area contributed by atoms with E-state index in [0.29, 0.717) is 44.3 Å². The number of urea groups is 1. The van der Waals surface area contributed by atoms with Crippen molar-refractivity contribution in [3.8, 4) is 0 Å². The number of thiocarbonyl (C=S) groups is 1. The van der Waals surface area contributed by atoms with Crippen LogP contribution in [0, 0.1) is 0 Å². The lowest BCUT2D eigenvalue weighted by atomic mass is 10.3. The predicted octanol–water partition coefficient (Wildman–Crippen LogP) is 0.825. The summed E-state index contributed by atoms with van der Waals surface area (Å²) in [6, 6.07) is 0.208. The lowest BCUT2D eigenvalue weighted by molar-refractivity contribution is 0.0409. The SMILES string of the molecule is CC(C)N(CCC(N)=S)C(=O)N1CCOCC1. The average Bonchev–Trinajstić information content (AvgIpc) is 2.29. The summed E-state index contributed by atoms with van der Waals surface area (Å²) >= 11 is 4.85. The van der Waals surface area contributed by atoms with Gasteiger partial charge in [-0.05, 0) is 13.8 Å². The van der Waals surface area contributed by atoms with Crippen LogP contribution in [0.1, 0.15) is 20.3 Å². The van der Waals surface area contributed by atoms with Crippen LogP contribution in [-0.2, 0) is 4.74 Å².